The van der Waals surface area contributed by atoms with E-state index in [4.69, 9.17) is 4.74 Å². The van der Waals surface area contributed by atoms with E-state index in [0.29, 0.717) is 6.61 Å². The summed E-state index contributed by atoms with van der Waals surface area (Å²) in [7, 11) is 1.28. The first-order valence-corrected chi connectivity index (χ1v) is 6.83. The maximum atomic E-state index is 10.8. The third-order valence-corrected chi connectivity index (χ3v) is 2.96. The molecule has 0 saturated carbocycles. The number of amides is 1. The lowest BCUT2D eigenvalue weighted by Gasteiger charge is -2.06. The van der Waals surface area contributed by atoms with E-state index in [-0.39, 0.29) is 0 Å². The van der Waals surface area contributed by atoms with Gasteiger partial charge >= 0.3 is 6.09 Å². The molecule has 0 aliphatic carbocycles. The number of hydrogen-bond acceptors (Lipinski definition) is 4. The van der Waals surface area contributed by atoms with Gasteiger partial charge in [0.25, 0.3) is 0 Å². The van der Waals surface area contributed by atoms with Crippen LogP contribution in [0.5, 0.6) is 5.75 Å². The van der Waals surface area contributed by atoms with Crippen molar-refractivity contribution >= 4 is 12.3 Å². The Balaban J connectivity index is 1.86. The van der Waals surface area contributed by atoms with E-state index in [1.807, 2.05) is 24.3 Å². The van der Waals surface area contributed by atoms with E-state index in [1.165, 1.54) is 18.9 Å². The Hall–Kier alpha value is -2.82. The van der Waals surface area contributed by atoms with E-state index in [9.17, 15) is 4.79 Å². The number of ether oxygens (including phenoxy) is 2. The molecular formula is C17H18N2O3. The molecule has 114 valence electrons. The van der Waals surface area contributed by atoms with Gasteiger partial charge in [-0.1, -0.05) is 29.8 Å². The van der Waals surface area contributed by atoms with Gasteiger partial charge in [0.15, 0.2) is 0 Å². The molecule has 0 aliphatic heterocycles. The van der Waals surface area contributed by atoms with Gasteiger partial charge in [-0.25, -0.2) is 10.2 Å². The number of carbonyl (C=O) groups excluding carboxylic acids is 1. The highest BCUT2D eigenvalue weighted by Gasteiger charge is 1.97. The normalized spacial score (nSPS) is 10.5. The Morgan fingerprint density at radius 3 is 2.45 bits per heavy atom. The maximum absolute atomic E-state index is 10.8. The Morgan fingerprint density at radius 1 is 1.14 bits per heavy atom. The minimum atomic E-state index is -0.602. The standard InChI is InChI=1S/C17H18N2O3/c1-13-3-5-15(6-4-13)12-22-16-9-7-14(8-10-16)11-18-19-17(20)21-2/h3-11H,12H2,1-2H3,(H,19,20)/b18-11+. The number of hydrazone groups is 1. The number of hydrogen-bond donors (Lipinski definition) is 1. The third kappa shape index (κ3) is 4.94. The zero-order valence-corrected chi connectivity index (χ0v) is 12.6. The Morgan fingerprint density at radius 2 is 1.82 bits per heavy atom. The number of benzene rings is 2. The number of rotatable bonds is 5. The molecule has 2 aromatic rings. The molecule has 0 atom stereocenters. The topological polar surface area (TPSA) is 59.9 Å². The Kier molecular flexibility index (Phi) is 5.54. The maximum Gasteiger partial charge on any atom is 0.427 e. The predicted octanol–water partition coefficient (Wildman–Crippen LogP) is 3.26. The molecule has 0 radical (unpaired) electrons. The van der Waals surface area contributed by atoms with Gasteiger partial charge in [0.2, 0.25) is 0 Å². The summed E-state index contributed by atoms with van der Waals surface area (Å²) in [5.74, 6) is 0.777. The molecular weight excluding hydrogens is 280 g/mol. The van der Waals surface area contributed by atoms with Crippen LogP contribution >= 0.6 is 0 Å². The molecule has 0 aliphatic rings. The van der Waals surface area contributed by atoms with E-state index >= 15 is 0 Å². The number of aryl methyl sites for hydroxylation is 1. The van der Waals surface area contributed by atoms with E-state index in [0.717, 1.165) is 16.9 Å². The smallest absolute Gasteiger partial charge is 0.427 e. The average molecular weight is 298 g/mol. The first-order valence-electron chi connectivity index (χ1n) is 6.83. The zero-order valence-electron chi connectivity index (χ0n) is 12.6. The summed E-state index contributed by atoms with van der Waals surface area (Å²) in [5.41, 5.74) is 5.42. The van der Waals surface area contributed by atoms with Crippen molar-refractivity contribution in [1.82, 2.24) is 5.43 Å². The minimum absolute atomic E-state index is 0.525. The Bertz CT molecular complexity index is 634. The summed E-state index contributed by atoms with van der Waals surface area (Å²) in [6.07, 6.45) is 0.926. The van der Waals surface area contributed by atoms with E-state index < -0.39 is 6.09 Å². The van der Waals surface area contributed by atoms with Crippen LogP contribution in [0, 0.1) is 6.92 Å². The summed E-state index contributed by atoms with van der Waals surface area (Å²) in [6.45, 7) is 2.58. The molecule has 0 spiro atoms. The van der Waals surface area contributed by atoms with Crippen molar-refractivity contribution in [1.29, 1.82) is 0 Å². The first kappa shape index (κ1) is 15.6. The molecule has 0 aromatic heterocycles. The highest BCUT2D eigenvalue weighted by Crippen LogP contribution is 2.13. The van der Waals surface area contributed by atoms with Gasteiger partial charge < -0.3 is 9.47 Å². The van der Waals surface area contributed by atoms with E-state index in [2.05, 4.69) is 46.5 Å². The van der Waals surface area contributed by atoms with Crippen LogP contribution < -0.4 is 10.2 Å². The molecule has 0 fully saturated rings. The largest absolute Gasteiger partial charge is 0.489 e. The number of nitrogens with one attached hydrogen (secondary N) is 1. The predicted molar refractivity (Wildman–Crippen MR) is 85.1 cm³/mol. The number of nitrogens with zero attached hydrogens (tertiary/aromatic N) is 1. The van der Waals surface area contributed by atoms with Gasteiger partial charge in [0.1, 0.15) is 12.4 Å². The van der Waals surface area contributed by atoms with Gasteiger partial charge in [-0.3, -0.25) is 0 Å². The van der Waals surface area contributed by atoms with Crippen molar-refractivity contribution < 1.29 is 14.3 Å². The third-order valence-electron chi connectivity index (χ3n) is 2.96. The van der Waals surface area contributed by atoms with Crippen LogP contribution in [0.3, 0.4) is 0 Å². The van der Waals surface area contributed by atoms with Crippen LogP contribution in [0.2, 0.25) is 0 Å². The molecule has 1 amide bonds. The summed E-state index contributed by atoms with van der Waals surface area (Å²) >= 11 is 0. The van der Waals surface area contributed by atoms with Crippen LogP contribution in [0.15, 0.2) is 53.6 Å². The minimum Gasteiger partial charge on any atom is -0.489 e. The average Bonchev–Trinajstić information content (AvgIpc) is 2.55. The number of methoxy groups -OCH3 is 1. The molecule has 0 saturated heterocycles. The fraction of sp³-hybridized carbons (Fsp3) is 0.176. The van der Waals surface area contributed by atoms with Crippen molar-refractivity contribution in [3.05, 3.63) is 65.2 Å². The molecule has 1 N–H and O–H groups in total. The molecule has 2 rings (SSSR count). The fourth-order valence-electron chi connectivity index (χ4n) is 1.71. The molecule has 2 aromatic carbocycles. The fourth-order valence-corrected chi connectivity index (χ4v) is 1.71. The van der Waals surface area contributed by atoms with Crippen LogP contribution in [-0.2, 0) is 11.3 Å². The molecule has 22 heavy (non-hydrogen) atoms. The van der Waals surface area contributed by atoms with Crippen LogP contribution in [0.25, 0.3) is 0 Å². The van der Waals surface area contributed by atoms with Crippen molar-refractivity contribution in [2.24, 2.45) is 5.10 Å². The van der Waals surface area contributed by atoms with Crippen LogP contribution in [-0.4, -0.2) is 19.4 Å². The highest BCUT2D eigenvalue weighted by molar-refractivity contribution is 5.80. The van der Waals surface area contributed by atoms with Crippen LogP contribution in [0.1, 0.15) is 16.7 Å². The Labute approximate surface area is 129 Å². The molecule has 0 heterocycles. The lowest BCUT2D eigenvalue weighted by Crippen LogP contribution is -2.16. The van der Waals surface area contributed by atoms with Crippen molar-refractivity contribution in [2.75, 3.05) is 7.11 Å². The SMILES string of the molecule is COC(=O)N/N=C/c1ccc(OCc2ccc(C)cc2)cc1. The molecule has 0 bridgehead atoms. The monoisotopic (exact) mass is 298 g/mol. The second-order valence-electron chi connectivity index (χ2n) is 4.70. The lowest BCUT2D eigenvalue weighted by atomic mass is 10.2. The quantitative estimate of drug-likeness (QED) is 0.681. The lowest BCUT2D eigenvalue weighted by molar-refractivity contribution is 0.171. The first-order chi connectivity index (χ1) is 10.7. The second kappa shape index (κ2) is 7.83. The van der Waals surface area contributed by atoms with Gasteiger partial charge in [0, 0.05) is 0 Å². The van der Waals surface area contributed by atoms with Crippen LogP contribution in [0.4, 0.5) is 4.79 Å². The van der Waals surface area contributed by atoms with Crippen molar-refractivity contribution in [3.63, 3.8) is 0 Å². The van der Waals surface area contributed by atoms with Gasteiger partial charge in [-0.15, -0.1) is 0 Å². The molecule has 5 heteroatoms. The zero-order chi connectivity index (χ0) is 15.8. The summed E-state index contributed by atoms with van der Waals surface area (Å²) in [5, 5.41) is 3.75. The van der Waals surface area contributed by atoms with Crippen molar-refractivity contribution in [2.45, 2.75) is 13.5 Å². The van der Waals surface area contributed by atoms with Gasteiger partial charge in [-0.2, -0.15) is 5.10 Å². The summed E-state index contributed by atoms with van der Waals surface area (Å²) < 4.78 is 10.1. The highest BCUT2D eigenvalue weighted by atomic mass is 16.5. The second-order valence-corrected chi connectivity index (χ2v) is 4.70. The van der Waals surface area contributed by atoms with Crippen molar-refractivity contribution in [3.8, 4) is 5.75 Å². The van der Waals surface area contributed by atoms with Gasteiger partial charge in [0.05, 0.1) is 13.3 Å². The molecule has 5 nitrogen and oxygen atoms in total. The van der Waals surface area contributed by atoms with E-state index in [1.54, 1.807) is 0 Å². The summed E-state index contributed by atoms with van der Waals surface area (Å²) in [4.78, 5) is 10.8. The summed E-state index contributed by atoms with van der Waals surface area (Å²) in [6, 6.07) is 15.6. The number of carbonyl (C=O) groups is 1. The molecule has 0 unspecified atom stereocenters. The van der Waals surface area contributed by atoms with Gasteiger partial charge in [-0.05, 0) is 42.3 Å².